The van der Waals surface area contributed by atoms with Crippen molar-refractivity contribution in [3.8, 4) is 11.8 Å². The highest BCUT2D eigenvalue weighted by Gasteiger charge is 2.38. The molecule has 1 N–H and O–H groups in total. The van der Waals surface area contributed by atoms with Gasteiger partial charge < -0.3 is 9.72 Å². The van der Waals surface area contributed by atoms with Gasteiger partial charge in [-0.15, -0.1) is 11.8 Å². The minimum absolute atomic E-state index is 0.0834. The molecular weight excluding hydrogens is 415 g/mol. The molecule has 3 aromatic rings. The fourth-order valence-electron chi connectivity index (χ4n) is 3.26. The van der Waals surface area contributed by atoms with Gasteiger partial charge in [0.25, 0.3) is 0 Å². The van der Waals surface area contributed by atoms with Crippen LogP contribution < -0.4 is 4.87 Å². The minimum atomic E-state index is -0.609. The smallest absolute Gasteiger partial charge is 0.359 e. The number of rotatable bonds is 4. The van der Waals surface area contributed by atoms with E-state index in [0.717, 1.165) is 11.3 Å². The van der Waals surface area contributed by atoms with Gasteiger partial charge in [0.05, 0.1) is 29.3 Å². The van der Waals surface area contributed by atoms with E-state index in [0.29, 0.717) is 26.9 Å². The van der Waals surface area contributed by atoms with Crippen LogP contribution in [-0.2, 0) is 4.74 Å². The number of aromatic nitrogens is 3. The third kappa shape index (κ3) is 3.59. The van der Waals surface area contributed by atoms with Crippen LogP contribution in [-0.4, -0.2) is 33.1 Å². The van der Waals surface area contributed by atoms with Crippen LogP contribution in [0, 0.1) is 23.1 Å². The predicted octanol–water partition coefficient (Wildman–Crippen LogP) is 3.32. The summed E-state index contributed by atoms with van der Waals surface area (Å²) in [6.07, 6.45) is 1.65. The molecule has 0 saturated carbocycles. The van der Waals surface area contributed by atoms with Gasteiger partial charge in [-0.1, -0.05) is 11.3 Å². The molecule has 1 aliphatic rings. The van der Waals surface area contributed by atoms with Crippen molar-refractivity contribution in [2.75, 3.05) is 12.4 Å². The number of halogens is 1. The summed E-state index contributed by atoms with van der Waals surface area (Å²) in [5.41, 5.74) is 1.15. The minimum Gasteiger partial charge on any atom is -0.461 e. The van der Waals surface area contributed by atoms with Crippen LogP contribution in [0.25, 0.3) is 5.69 Å². The van der Waals surface area contributed by atoms with Crippen LogP contribution in [0.2, 0.25) is 0 Å². The number of nitrogens with one attached hydrogen (secondary N) is 1. The number of esters is 1. The molecule has 0 spiro atoms. The number of fused-ring (bicyclic) bond motifs is 1. The second kappa shape index (κ2) is 7.85. The first-order valence-corrected chi connectivity index (χ1v) is 10.6. The number of H-pyrrole nitrogens is 1. The number of hydrogen-bond acceptors (Lipinski definition) is 7. The lowest BCUT2D eigenvalue weighted by Gasteiger charge is -2.25. The lowest BCUT2D eigenvalue weighted by molar-refractivity contribution is 0.0517. The third-order valence-corrected chi connectivity index (χ3v) is 6.77. The molecule has 10 heteroatoms. The van der Waals surface area contributed by atoms with Crippen molar-refractivity contribution in [1.29, 1.82) is 5.26 Å². The highest BCUT2D eigenvalue weighted by atomic mass is 32.2. The molecule has 4 rings (SSSR count). The van der Waals surface area contributed by atoms with E-state index in [9.17, 15) is 19.2 Å². The van der Waals surface area contributed by atoms with E-state index in [1.165, 1.54) is 28.6 Å². The Kier molecular flexibility index (Phi) is 5.25. The number of thiazole rings is 1. The summed E-state index contributed by atoms with van der Waals surface area (Å²) in [6, 6.07) is 7.97. The number of benzene rings is 1. The van der Waals surface area contributed by atoms with Gasteiger partial charge in [-0.05, 0) is 31.2 Å². The molecule has 3 heterocycles. The van der Waals surface area contributed by atoms with E-state index in [2.05, 4.69) is 16.2 Å². The van der Waals surface area contributed by atoms with Gasteiger partial charge in [0.2, 0.25) is 0 Å². The van der Waals surface area contributed by atoms with Crippen LogP contribution in [0.3, 0.4) is 0 Å². The first-order chi connectivity index (χ1) is 14.0. The van der Waals surface area contributed by atoms with Crippen LogP contribution in [0.5, 0.6) is 0 Å². The average Bonchev–Trinajstić information content (AvgIpc) is 3.31. The van der Waals surface area contributed by atoms with Gasteiger partial charge >= 0.3 is 10.8 Å². The molecule has 148 valence electrons. The average molecular weight is 430 g/mol. The van der Waals surface area contributed by atoms with Crippen molar-refractivity contribution >= 4 is 29.1 Å². The number of ether oxygens (including phenoxy) is 1. The number of thioether (sulfide) groups is 1. The van der Waals surface area contributed by atoms with Crippen molar-refractivity contribution in [2.24, 2.45) is 5.92 Å². The second-order valence-electron chi connectivity index (χ2n) is 6.31. The SMILES string of the molecule is CCOC(=O)c1nn(-c2ccc(F)cc2)cc1[C@H]1c2sc(=O)[nH]c2SC[C@H]1C#N. The van der Waals surface area contributed by atoms with Crippen molar-refractivity contribution in [2.45, 2.75) is 17.9 Å². The Labute approximate surface area is 173 Å². The van der Waals surface area contributed by atoms with Gasteiger partial charge in [-0.2, -0.15) is 10.4 Å². The van der Waals surface area contributed by atoms with Crippen LogP contribution in [0.4, 0.5) is 4.39 Å². The molecule has 7 nitrogen and oxygen atoms in total. The largest absolute Gasteiger partial charge is 0.461 e. The maximum atomic E-state index is 13.3. The summed E-state index contributed by atoms with van der Waals surface area (Å²) in [7, 11) is 0. The lowest BCUT2D eigenvalue weighted by Crippen LogP contribution is -2.21. The Morgan fingerprint density at radius 1 is 1.45 bits per heavy atom. The summed E-state index contributed by atoms with van der Waals surface area (Å²) in [4.78, 5) is 27.8. The van der Waals surface area contributed by atoms with Crippen LogP contribution >= 0.6 is 23.1 Å². The fourth-order valence-corrected chi connectivity index (χ4v) is 5.59. The topological polar surface area (TPSA) is 101 Å². The molecule has 0 fully saturated rings. The number of carbonyl (C=O) groups excluding carboxylic acids is 1. The molecule has 0 aliphatic carbocycles. The molecule has 0 radical (unpaired) electrons. The molecule has 2 atom stereocenters. The van der Waals surface area contributed by atoms with Crippen LogP contribution in [0.1, 0.15) is 33.8 Å². The Balaban J connectivity index is 1.89. The molecule has 29 heavy (non-hydrogen) atoms. The molecule has 2 aromatic heterocycles. The monoisotopic (exact) mass is 430 g/mol. The molecule has 1 aliphatic heterocycles. The van der Waals surface area contributed by atoms with E-state index in [-0.39, 0.29) is 23.0 Å². The summed E-state index contributed by atoms with van der Waals surface area (Å²) in [5.74, 6) is -1.46. The Bertz CT molecular complexity index is 1160. The van der Waals surface area contributed by atoms with Gasteiger partial charge in [-0.3, -0.25) is 4.79 Å². The molecule has 0 unspecified atom stereocenters. The van der Waals surface area contributed by atoms with E-state index >= 15 is 0 Å². The summed E-state index contributed by atoms with van der Waals surface area (Å²) < 4.78 is 19.9. The maximum Gasteiger partial charge on any atom is 0.359 e. The molecule has 1 aromatic carbocycles. The summed E-state index contributed by atoms with van der Waals surface area (Å²) >= 11 is 2.45. The first kappa shape index (κ1) is 19.4. The zero-order chi connectivity index (χ0) is 20.5. The number of nitrogens with zero attached hydrogens (tertiary/aromatic N) is 3. The molecular formula is C19H15FN4O3S2. The summed E-state index contributed by atoms with van der Waals surface area (Å²) in [6.45, 7) is 1.87. The zero-order valence-electron chi connectivity index (χ0n) is 15.2. The van der Waals surface area contributed by atoms with Gasteiger partial charge in [0.1, 0.15) is 5.82 Å². The molecule has 0 amide bonds. The number of aromatic amines is 1. The van der Waals surface area contributed by atoms with E-state index in [1.807, 2.05) is 0 Å². The Morgan fingerprint density at radius 3 is 2.90 bits per heavy atom. The zero-order valence-corrected chi connectivity index (χ0v) is 16.8. The third-order valence-electron chi connectivity index (χ3n) is 4.54. The highest BCUT2D eigenvalue weighted by Crippen LogP contribution is 2.45. The predicted molar refractivity (Wildman–Crippen MR) is 106 cm³/mol. The Hall–Kier alpha value is -2.90. The number of hydrogen-bond donors (Lipinski definition) is 1. The number of nitriles is 1. The standard InChI is InChI=1S/C19H15FN4O3S2/c1-2-27-18(25)15-13(8-24(23-15)12-5-3-11(20)4-6-12)14-10(7-21)9-28-17-16(14)29-19(26)22-17/h3-6,8,10,14H,2,9H2,1H3,(H,22,26)/t10-,14+/m1/s1. The maximum absolute atomic E-state index is 13.3. The molecule has 0 bridgehead atoms. The van der Waals surface area contributed by atoms with Crippen molar-refractivity contribution in [3.05, 3.63) is 62.1 Å². The fraction of sp³-hybridized carbons (Fsp3) is 0.263. The quantitative estimate of drug-likeness (QED) is 0.638. The van der Waals surface area contributed by atoms with Crippen molar-refractivity contribution < 1.29 is 13.9 Å². The van der Waals surface area contributed by atoms with Crippen molar-refractivity contribution in [3.63, 3.8) is 0 Å². The normalized spacial score (nSPS) is 18.1. The highest BCUT2D eigenvalue weighted by molar-refractivity contribution is 7.99. The van der Waals surface area contributed by atoms with E-state index in [1.54, 1.807) is 25.3 Å². The van der Waals surface area contributed by atoms with Gasteiger partial charge in [0, 0.05) is 28.3 Å². The van der Waals surface area contributed by atoms with Crippen molar-refractivity contribution in [1.82, 2.24) is 14.8 Å². The van der Waals surface area contributed by atoms with Crippen LogP contribution in [0.15, 0.2) is 40.3 Å². The molecule has 0 saturated heterocycles. The van der Waals surface area contributed by atoms with E-state index in [4.69, 9.17) is 4.74 Å². The number of carbonyl (C=O) groups is 1. The Morgan fingerprint density at radius 2 is 2.21 bits per heavy atom. The second-order valence-corrected chi connectivity index (χ2v) is 8.35. The van der Waals surface area contributed by atoms with Gasteiger partial charge in [0.15, 0.2) is 5.69 Å². The van der Waals surface area contributed by atoms with E-state index < -0.39 is 17.8 Å². The lowest BCUT2D eigenvalue weighted by atomic mass is 9.86. The van der Waals surface area contributed by atoms with Gasteiger partial charge in [-0.25, -0.2) is 13.9 Å². The first-order valence-electron chi connectivity index (χ1n) is 8.79. The summed E-state index contributed by atoms with van der Waals surface area (Å²) in [5, 5.41) is 14.8.